The number of rotatable bonds is 4. The Labute approximate surface area is 163 Å². The number of carbonyl (C=O) groups excluding carboxylic acids is 1. The van der Waals surface area contributed by atoms with Gasteiger partial charge in [0.25, 0.3) is 5.91 Å². The first-order chi connectivity index (χ1) is 13.4. The number of hydrogen-bond donors (Lipinski definition) is 3. The van der Waals surface area contributed by atoms with E-state index >= 15 is 0 Å². The summed E-state index contributed by atoms with van der Waals surface area (Å²) in [7, 11) is 0. The van der Waals surface area contributed by atoms with Crippen molar-refractivity contribution in [3.63, 3.8) is 0 Å². The number of aromatic hydroxyl groups is 1. The van der Waals surface area contributed by atoms with Crippen molar-refractivity contribution < 1.29 is 15.0 Å². The molecule has 1 aliphatic rings. The van der Waals surface area contributed by atoms with E-state index in [1.807, 2.05) is 51.1 Å². The topological polar surface area (TPSA) is 89.5 Å². The van der Waals surface area contributed by atoms with E-state index in [4.69, 9.17) is 0 Å². The van der Waals surface area contributed by atoms with Crippen molar-refractivity contribution in [1.82, 2.24) is 15.1 Å². The highest BCUT2D eigenvalue weighted by Gasteiger charge is 2.42. The van der Waals surface area contributed by atoms with Gasteiger partial charge in [-0.05, 0) is 43.5 Å². The fraction of sp³-hybridized carbons (Fsp3) is 0.273. The molecule has 1 aliphatic heterocycles. The van der Waals surface area contributed by atoms with Crippen LogP contribution in [0.1, 0.15) is 44.3 Å². The second kappa shape index (κ2) is 6.80. The van der Waals surface area contributed by atoms with Crippen molar-refractivity contribution >= 4 is 5.91 Å². The molecule has 4 rings (SSSR count). The Bertz CT molecular complexity index is 1030. The van der Waals surface area contributed by atoms with Gasteiger partial charge in [-0.3, -0.25) is 9.89 Å². The summed E-state index contributed by atoms with van der Waals surface area (Å²) in [4.78, 5) is 14.6. The molecule has 1 unspecified atom stereocenters. The fourth-order valence-electron chi connectivity index (χ4n) is 4.07. The molecule has 0 radical (unpaired) electrons. The highest BCUT2D eigenvalue weighted by molar-refractivity contribution is 6.00. The van der Waals surface area contributed by atoms with E-state index in [1.165, 1.54) is 0 Å². The lowest BCUT2D eigenvalue weighted by molar-refractivity contribution is 0.0706. The molecule has 28 heavy (non-hydrogen) atoms. The van der Waals surface area contributed by atoms with Crippen LogP contribution in [0, 0.1) is 20.8 Å². The molecule has 1 amide bonds. The van der Waals surface area contributed by atoms with Crippen LogP contribution in [0.2, 0.25) is 0 Å². The Morgan fingerprint density at radius 1 is 1.11 bits per heavy atom. The zero-order chi connectivity index (χ0) is 20.0. The van der Waals surface area contributed by atoms with Gasteiger partial charge in [-0.15, -0.1) is 0 Å². The number of aliphatic hydroxyl groups excluding tert-OH is 1. The van der Waals surface area contributed by atoms with Crippen LogP contribution in [0.5, 0.6) is 5.75 Å². The number of H-pyrrole nitrogens is 1. The number of nitrogens with zero attached hydrogens (tertiary/aromatic N) is 2. The number of β-amino-alcohol motifs (C(OH)–C–C–N with tert-alkyl or cyclic N) is 1. The van der Waals surface area contributed by atoms with Crippen LogP contribution >= 0.6 is 0 Å². The number of hydrogen-bond acceptors (Lipinski definition) is 4. The molecule has 2 aromatic carbocycles. The van der Waals surface area contributed by atoms with Crippen LogP contribution in [0.3, 0.4) is 0 Å². The number of aryl methyl sites for hydroxylation is 3. The summed E-state index contributed by atoms with van der Waals surface area (Å²) in [5.41, 5.74) is 6.27. The lowest BCUT2D eigenvalue weighted by Gasteiger charge is -2.26. The van der Waals surface area contributed by atoms with Gasteiger partial charge >= 0.3 is 0 Å². The maximum atomic E-state index is 13.0. The smallest absolute Gasteiger partial charge is 0.273 e. The van der Waals surface area contributed by atoms with E-state index in [9.17, 15) is 15.0 Å². The lowest BCUT2D eigenvalue weighted by atomic mass is 9.93. The van der Waals surface area contributed by atoms with E-state index in [1.54, 1.807) is 11.0 Å². The van der Waals surface area contributed by atoms with E-state index in [-0.39, 0.29) is 30.9 Å². The molecule has 0 fully saturated rings. The molecule has 6 heteroatoms. The van der Waals surface area contributed by atoms with Gasteiger partial charge in [0.05, 0.1) is 12.6 Å². The van der Waals surface area contributed by atoms with Gasteiger partial charge in [-0.1, -0.05) is 35.9 Å². The second-order valence-electron chi connectivity index (χ2n) is 7.37. The summed E-state index contributed by atoms with van der Waals surface area (Å²) in [6, 6.07) is 11.3. The van der Waals surface area contributed by atoms with Gasteiger partial charge in [-0.2, -0.15) is 5.10 Å². The van der Waals surface area contributed by atoms with Crippen LogP contribution in [0.25, 0.3) is 11.3 Å². The minimum absolute atomic E-state index is 0.129. The number of fused-ring (bicyclic) bond motifs is 1. The number of aromatic nitrogens is 2. The molecule has 0 spiro atoms. The highest BCUT2D eigenvalue weighted by atomic mass is 16.3. The quantitative estimate of drug-likeness (QED) is 0.651. The van der Waals surface area contributed by atoms with Crippen LogP contribution in [-0.2, 0) is 0 Å². The molecule has 1 aromatic heterocycles. The number of amides is 1. The zero-order valence-electron chi connectivity index (χ0n) is 16.2. The van der Waals surface area contributed by atoms with Crippen LogP contribution in [0.15, 0.2) is 36.4 Å². The number of phenolic OH excluding ortho intramolecular Hbond substituents is 1. The van der Waals surface area contributed by atoms with E-state index in [0.29, 0.717) is 17.0 Å². The van der Waals surface area contributed by atoms with Crippen molar-refractivity contribution in [1.29, 1.82) is 0 Å². The predicted molar refractivity (Wildman–Crippen MR) is 106 cm³/mol. The van der Waals surface area contributed by atoms with Gasteiger partial charge in [-0.25, -0.2) is 0 Å². The van der Waals surface area contributed by atoms with E-state index in [2.05, 4.69) is 10.2 Å². The summed E-state index contributed by atoms with van der Waals surface area (Å²) in [6.07, 6.45) is 0. The summed E-state index contributed by atoms with van der Waals surface area (Å²) in [6.45, 7) is 5.95. The number of benzene rings is 2. The number of carbonyl (C=O) groups is 1. The third kappa shape index (κ3) is 2.77. The summed E-state index contributed by atoms with van der Waals surface area (Å²) in [5, 5.41) is 27.4. The zero-order valence-corrected chi connectivity index (χ0v) is 16.2. The van der Waals surface area contributed by atoms with Crippen molar-refractivity contribution in [2.45, 2.75) is 26.8 Å². The molecule has 3 aromatic rings. The first-order valence-electron chi connectivity index (χ1n) is 9.29. The van der Waals surface area contributed by atoms with Crippen molar-refractivity contribution in [3.05, 3.63) is 69.9 Å². The van der Waals surface area contributed by atoms with E-state index in [0.717, 1.165) is 27.8 Å². The Hall–Kier alpha value is -3.12. The third-order valence-electron chi connectivity index (χ3n) is 5.29. The highest BCUT2D eigenvalue weighted by Crippen LogP contribution is 2.45. The Morgan fingerprint density at radius 2 is 1.82 bits per heavy atom. The van der Waals surface area contributed by atoms with Gasteiger partial charge in [0.1, 0.15) is 17.1 Å². The van der Waals surface area contributed by atoms with Gasteiger partial charge < -0.3 is 15.1 Å². The molecule has 144 valence electrons. The SMILES string of the molecule is Cc1ccc(C2c3c(-c4c(C)cc(C)cc4O)n[nH]c3C(=O)N2CCO)cc1. The molecular formula is C22H23N3O3. The van der Waals surface area contributed by atoms with Gasteiger partial charge in [0.15, 0.2) is 0 Å². The molecule has 0 saturated carbocycles. The molecule has 0 bridgehead atoms. The monoisotopic (exact) mass is 377 g/mol. The average molecular weight is 377 g/mol. The largest absolute Gasteiger partial charge is 0.507 e. The maximum Gasteiger partial charge on any atom is 0.273 e. The first-order valence-corrected chi connectivity index (χ1v) is 9.29. The molecule has 0 aliphatic carbocycles. The summed E-state index contributed by atoms with van der Waals surface area (Å²) >= 11 is 0. The third-order valence-corrected chi connectivity index (χ3v) is 5.29. The molecular weight excluding hydrogens is 354 g/mol. The van der Waals surface area contributed by atoms with Crippen LogP contribution in [-0.4, -0.2) is 44.4 Å². The molecule has 1 atom stereocenters. The lowest BCUT2D eigenvalue weighted by Crippen LogP contribution is -2.32. The molecule has 2 heterocycles. The minimum atomic E-state index is -0.371. The van der Waals surface area contributed by atoms with Crippen molar-refractivity contribution in [2.24, 2.45) is 0 Å². The second-order valence-corrected chi connectivity index (χ2v) is 7.37. The Morgan fingerprint density at radius 3 is 2.46 bits per heavy atom. The molecule has 6 nitrogen and oxygen atoms in total. The minimum Gasteiger partial charge on any atom is -0.507 e. The number of phenols is 1. The van der Waals surface area contributed by atoms with Crippen molar-refractivity contribution in [3.8, 4) is 17.0 Å². The van der Waals surface area contributed by atoms with Crippen molar-refractivity contribution in [2.75, 3.05) is 13.2 Å². The predicted octanol–water partition coefficient (Wildman–Crippen LogP) is 3.25. The normalized spacial score (nSPS) is 15.9. The Balaban J connectivity index is 1.94. The number of aromatic amines is 1. The van der Waals surface area contributed by atoms with Crippen LogP contribution in [0.4, 0.5) is 0 Å². The first kappa shape index (κ1) is 18.3. The summed E-state index contributed by atoms with van der Waals surface area (Å²) < 4.78 is 0. The average Bonchev–Trinajstić information content (AvgIpc) is 3.16. The fourth-order valence-corrected chi connectivity index (χ4v) is 4.07. The standard InChI is InChI=1S/C22H23N3O3/c1-12-4-6-15(7-5-12)21-18-19(17-14(3)10-13(2)11-16(17)27)23-24-20(18)22(28)25(21)8-9-26/h4-7,10-11,21,26-27H,8-9H2,1-3H3,(H,23,24). The number of nitrogens with one attached hydrogen (secondary N) is 1. The summed E-state index contributed by atoms with van der Waals surface area (Å²) in [5.74, 6) is -0.0554. The Kier molecular flexibility index (Phi) is 4.43. The van der Waals surface area contributed by atoms with Crippen LogP contribution < -0.4 is 0 Å². The van der Waals surface area contributed by atoms with E-state index < -0.39 is 0 Å². The molecule has 0 saturated heterocycles. The number of aliphatic hydroxyl groups is 1. The molecule has 3 N–H and O–H groups in total. The maximum absolute atomic E-state index is 13.0. The van der Waals surface area contributed by atoms with Gasteiger partial charge in [0.2, 0.25) is 0 Å². The van der Waals surface area contributed by atoms with Gasteiger partial charge in [0, 0.05) is 17.7 Å².